The number of benzene rings is 2. The molecule has 0 radical (unpaired) electrons. The molecule has 0 amide bonds. The van der Waals surface area contributed by atoms with Gasteiger partial charge in [0, 0.05) is 17.2 Å². The van der Waals surface area contributed by atoms with Gasteiger partial charge in [0.15, 0.2) is 0 Å². The van der Waals surface area contributed by atoms with Gasteiger partial charge in [-0.3, -0.25) is 9.36 Å². The Kier molecular flexibility index (Phi) is 3.58. The molecule has 1 aliphatic carbocycles. The van der Waals surface area contributed by atoms with Crippen molar-refractivity contribution in [3.8, 4) is 0 Å². The van der Waals surface area contributed by atoms with E-state index in [2.05, 4.69) is 18.2 Å². The summed E-state index contributed by atoms with van der Waals surface area (Å²) >= 11 is 0. The predicted molar refractivity (Wildman–Crippen MR) is 94.7 cm³/mol. The van der Waals surface area contributed by atoms with Gasteiger partial charge in [0.2, 0.25) is 0 Å². The maximum absolute atomic E-state index is 12.8. The first-order valence-corrected chi connectivity index (χ1v) is 8.23. The highest BCUT2D eigenvalue weighted by atomic mass is 16.1. The Morgan fingerprint density at radius 1 is 0.913 bits per heavy atom. The molecule has 1 heterocycles. The van der Waals surface area contributed by atoms with Gasteiger partial charge in [-0.1, -0.05) is 48.5 Å². The summed E-state index contributed by atoms with van der Waals surface area (Å²) in [4.78, 5) is 12.8. The van der Waals surface area contributed by atoms with E-state index < -0.39 is 0 Å². The molecule has 0 N–H and O–H groups in total. The molecule has 3 aromatic rings. The zero-order valence-electron chi connectivity index (χ0n) is 13.0. The molecule has 114 valence electrons. The summed E-state index contributed by atoms with van der Waals surface area (Å²) < 4.78 is 1.92. The second kappa shape index (κ2) is 5.88. The monoisotopic (exact) mass is 301 g/mol. The molecule has 23 heavy (non-hydrogen) atoms. The highest BCUT2D eigenvalue weighted by Gasteiger charge is 2.21. The second-order valence-electron chi connectivity index (χ2n) is 6.07. The first-order valence-electron chi connectivity index (χ1n) is 8.23. The third-order valence-corrected chi connectivity index (χ3v) is 4.62. The highest BCUT2D eigenvalue weighted by molar-refractivity contribution is 6.02. The van der Waals surface area contributed by atoms with Gasteiger partial charge in [0.25, 0.3) is 5.91 Å². The van der Waals surface area contributed by atoms with Crippen LogP contribution in [0.3, 0.4) is 0 Å². The second-order valence-corrected chi connectivity index (χ2v) is 6.07. The lowest BCUT2D eigenvalue weighted by atomic mass is 9.95. The van der Waals surface area contributed by atoms with Crippen molar-refractivity contribution in [2.75, 3.05) is 0 Å². The van der Waals surface area contributed by atoms with Gasteiger partial charge in [-0.25, -0.2) is 0 Å². The number of para-hydroxylation sites is 1. The SMILES string of the molecule is O=C(/C=C/c1ccccc1)n1c2c(c3ccccc31)CCCC2. The first-order chi connectivity index (χ1) is 11.3. The topological polar surface area (TPSA) is 22.0 Å². The molecular formula is C21H19NO. The number of carbonyl (C=O) groups excluding carboxylic acids is 1. The van der Waals surface area contributed by atoms with E-state index in [1.807, 2.05) is 47.0 Å². The number of rotatable bonds is 2. The quantitative estimate of drug-likeness (QED) is 0.619. The molecule has 1 aliphatic rings. The fourth-order valence-corrected chi connectivity index (χ4v) is 3.55. The van der Waals surface area contributed by atoms with Gasteiger partial charge in [-0.05, 0) is 49.0 Å². The van der Waals surface area contributed by atoms with E-state index in [-0.39, 0.29) is 5.91 Å². The number of aromatic nitrogens is 1. The molecule has 4 rings (SSSR count). The fraction of sp³-hybridized carbons (Fsp3) is 0.190. The van der Waals surface area contributed by atoms with Crippen molar-refractivity contribution < 1.29 is 4.79 Å². The summed E-state index contributed by atoms with van der Waals surface area (Å²) in [5, 5.41) is 1.24. The van der Waals surface area contributed by atoms with Gasteiger partial charge in [-0.2, -0.15) is 0 Å². The van der Waals surface area contributed by atoms with Crippen LogP contribution >= 0.6 is 0 Å². The first kappa shape index (κ1) is 14.0. The normalized spacial score (nSPS) is 14.3. The van der Waals surface area contributed by atoms with Crippen LogP contribution in [-0.4, -0.2) is 10.5 Å². The van der Waals surface area contributed by atoms with Gasteiger partial charge in [0.1, 0.15) is 0 Å². The molecule has 0 aliphatic heterocycles. The van der Waals surface area contributed by atoms with Crippen molar-refractivity contribution in [1.29, 1.82) is 0 Å². The number of hydrogen-bond acceptors (Lipinski definition) is 1. The summed E-state index contributed by atoms with van der Waals surface area (Å²) in [6, 6.07) is 18.2. The van der Waals surface area contributed by atoms with Crippen molar-refractivity contribution in [3.05, 3.63) is 77.5 Å². The lowest BCUT2D eigenvalue weighted by molar-refractivity contribution is 0.0971. The Morgan fingerprint density at radius 2 is 1.65 bits per heavy atom. The summed E-state index contributed by atoms with van der Waals surface area (Å²) in [6.07, 6.45) is 8.05. The molecule has 0 spiro atoms. The number of fused-ring (bicyclic) bond motifs is 3. The van der Waals surface area contributed by atoms with E-state index in [0.717, 1.165) is 23.9 Å². The Bertz CT molecular complexity index is 887. The minimum atomic E-state index is 0.0493. The van der Waals surface area contributed by atoms with Gasteiger partial charge >= 0.3 is 0 Å². The average Bonchev–Trinajstić information content (AvgIpc) is 2.95. The number of hydrogen-bond donors (Lipinski definition) is 0. The van der Waals surface area contributed by atoms with Crippen molar-refractivity contribution in [1.82, 2.24) is 4.57 Å². The van der Waals surface area contributed by atoms with E-state index in [9.17, 15) is 4.79 Å². The van der Waals surface area contributed by atoms with Crippen LogP contribution in [0, 0.1) is 0 Å². The van der Waals surface area contributed by atoms with Crippen molar-refractivity contribution in [2.45, 2.75) is 25.7 Å². The number of allylic oxidation sites excluding steroid dienone is 1. The largest absolute Gasteiger partial charge is 0.280 e. The van der Waals surface area contributed by atoms with Crippen LogP contribution in [0.1, 0.15) is 34.5 Å². The standard InChI is InChI=1S/C21H19NO/c23-21(15-14-16-8-2-1-3-9-16)22-19-12-6-4-10-17(19)18-11-5-7-13-20(18)22/h1-4,6,8-10,12,14-15H,5,7,11,13H2/b15-14+. The summed E-state index contributed by atoms with van der Waals surface area (Å²) in [7, 11) is 0. The van der Waals surface area contributed by atoms with Gasteiger partial charge in [-0.15, -0.1) is 0 Å². The lowest BCUT2D eigenvalue weighted by Crippen LogP contribution is -2.14. The molecule has 0 saturated heterocycles. The van der Waals surface area contributed by atoms with E-state index in [1.54, 1.807) is 6.08 Å². The van der Waals surface area contributed by atoms with Crippen molar-refractivity contribution >= 4 is 22.9 Å². The summed E-state index contributed by atoms with van der Waals surface area (Å²) in [6.45, 7) is 0. The molecular weight excluding hydrogens is 282 g/mol. The average molecular weight is 301 g/mol. The van der Waals surface area contributed by atoms with Crippen molar-refractivity contribution in [3.63, 3.8) is 0 Å². The van der Waals surface area contributed by atoms with Crippen LogP contribution in [0.2, 0.25) is 0 Å². The minimum absolute atomic E-state index is 0.0493. The Labute approximate surface area is 136 Å². The molecule has 2 aromatic carbocycles. The lowest BCUT2D eigenvalue weighted by Gasteiger charge is -2.14. The van der Waals surface area contributed by atoms with Gasteiger partial charge < -0.3 is 0 Å². The smallest absolute Gasteiger partial charge is 0.255 e. The molecule has 0 fully saturated rings. The third kappa shape index (κ3) is 2.50. The van der Waals surface area contributed by atoms with E-state index in [1.165, 1.54) is 29.5 Å². The van der Waals surface area contributed by atoms with Crippen LogP contribution in [0.25, 0.3) is 17.0 Å². The van der Waals surface area contributed by atoms with E-state index >= 15 is 0 Å². The van der Waals surface area contributed by atoms with Gasteiger partial charge in [0.05, 0.1) is 5.52 Å². The molecule has 0 unspecified atom stereocenters. The Morgan fingerprint density at radius 3 is 2.52 bits per heavy atom. The van der Waals surface area contributed by atoms with Crippen molar-refractivity contribution in [2.24, 2.45) is 0 Å². The number of nitrogens with zero attached hydrogens (tertiary/aromatic N) is 1. The van der Waals surface area contributed by atoms with Crippen LogP contribution in [0.4, 0.5) is 0 Å². The number of carbonyl (C=O) groups is 1. The zero-order chi connectivity index (χ0) is 15.6. The maximum atomic E-state index is 12.8. The molecule has 0 atom stereocenters. The minimum Gasteiger partial charge on any atom is -0.280 e. The molecule has 0 saturated carbocycles. The Hall–Kier alpha value is -2.61. The molecule has 0 bridgehead atoms. The number of aryl methyl sites for hydroxylation is 1. The van der Waals surface area contributed by atoms with Crippen LogP contribution < -0.4 is 0 Å². The maximum Gasteiger partial charge on any atom is 0.255 e. The van der Waals surface area contributed by atoms with Crippen LogP contribution in [0.5, 0.6) is 0 Å². The summed E-state index contributed by atoms with van der Waals surface area (Å²) in [5.41, 5.74) is 4.67. The molecule has 1 aromatic heterocycles. The highest BCUT2D eigenvalue weighted by Crippen LogP contribution is 2.32. The van der Waals surface area contributed by atoms with E-state index in [4.69, 9.17) is 0 Å². The van der Waals surface area contributed by atoms with Crippen LogP contribution in [0.15, 0.2) is 60.7 Å². The summed E-state index contributed by atoms with van der Waals surface area (Å²) in [5.74, 6) is 0.0493. The third-order valence-electron chi connectivity index (χ3n) is 4.62. The Balaban J connectivity index is 1.79. The van der Waals surface area contributed by atoms with Crippen LogP contribution in [-0.2, 0) is 12.8 Å². The molecule has 2 heteroatoms. The zero-order valence-corrected chi connectivity index (χ0v) is 13.0. The predicted octanol–water partition coefficient (Wildman–Crippen LogP) is 4.87. The molecule has 2 nitrogen and oxygen atoms in total. The fourth-order valence-electron chi connectivity index (χ4n) is 3.55. The van der Waals surface area contributed by atoms with E-state index in [0.29, 0.717) is 0 Å².